The van der Waals surface area contributed by atoms with Crippen molar-refractivity contribution in [2.75, 3.05) is 5.32 Å². The van der Waals surface area contributed by atoms with Crippen LogP contribution in [0.4, 0.5) is 5.69 Å². The summed E-state index contributed by atoms with van der Waals surface area (Å²) < 4.78 is 16.2. The summed E-state index contributed by atoms with van der Waals surface area (Å²) in [6, 6.07) is 7.55. The predicted molar refractivity (Wildman–Crippen MR) is 93.0 cm³/mol. The number of anilines is 1. The van der Waals surface area contributed by atoms with Crippen molar-refractivity contribution in [2.45, 2.75) is 43.1 Å². The fourth-order valence-electron chi connectivity index (χ4n) is 2.81. The van der Waals surface area contributed by atoms with E-state index >= 15 is 0 Å². The van der Waals surface area contributed by atoms with Gasteiger partial charge < -0.3 is 5.32 Å². The summed E-state index contributed by atoms with van der Waals surface area (Å²) in [6.07, 6.45) is 5.78. The maximum atomic E-state index is 12.5. The van der Waals surface area contributed by atoms with Crippen LogP contribution in [0, 0.1) is 0 Å². The van der Waals surface area contributed by atoms with E-state index in [2.05, 4.69) is 14.9 Å². The van der Waals surface area contributed by atoms with Crippen LogP contribution in [-0.4, -0.2) is 25.0 Å². The average molecular weight is 349 g/mol. The number of rotatable bonds is 5. The number of nitrogens with one attached hydrogen (secondary N) is 1. The highest BCUT2D eigenvalue weighted by Crippen LogP contribution is 2.24. The van der Waals surface area contributed by atoms with Crippen LogP contribution >= 0.6 is 11.5 Å². The summed E-state index contributed by atoms with van der Waals surface area (Å²) in [4.78, 5) is 12.0. The summed E-state index contributed by atoms with van der Waals surface area (Å²) in [7, 11) is -0.841. The minimum atomic E-state index is -0.841. The number of hydrogen-bond acceptors (Lipinski definition) is 5. The van der Waals surface area contributed by atoms with Crippen LogP contribution in [0.5, 0.6) is 0 Å². The van der Waals surface area contributed by atoms with Gasteiger partial charge in [-0.1, -0.05) is 35.9 Å². The van der Waals surface area contributed by atoms with Crippen LogP contribution in [0.1, 0.15) is 48.2 Å². The Morgan fingerprint density at radius 3 is 2.87 bits per heavy atom. The van der Waals surface area contributed by atoms with Crippen LogP contribution in [-0.2, 0) is 16.6 Å². The van der Waals surface area contributed by atoms with E-state index in [1.807, 2.05) is 24.3 Å². The van der Waals surface area contributed by atoms with E-state index in [1.54, 1.807) is 5.38 Å². The van der Waals surface area contributed by atoms with Crippen molar-refractivity contribution in [3.05, 3.63) is 40.9 Å². The van der Waals surface area contributed by atoms with Gasteiger partial charge in [-0.25, -0.2) is 0 Å². The molecule has 1 N–H and O–H groups in total. The molecule has 1 amide bonds. The van der Waals surface area contributed by atoms with Crippen LogP contribution < -0.4 is 5.32 Å². The summed E-state index contributed by atoms with van der Waals surface area (Å²) in [5.74, 6) is 0.274. The number of amides is 1. The smallest absolute Gasteiger partial charge is 0.277 e. The molecule has 0 spiro atoms. The van der Waals surface area contributed by atoms with Crippen molar-refractivity contribution in [2.24, 2.45) is 0 Å². The van der Waals surface area contributed by atoms with Crippen LogP contribution in [0.25, 0.3) is 0 Å². The van der Waals surface area contributed by atoms with Gasteiger partial charge in [0.1, 0.15) is 0 Å². The van der Waals surface area contributed by atoms with Gasteiger partial charge in [0.15, 0.2) is 5.69 Å². The average Bonchev–Trinajstić information content (AvgIpc) is 3.10. The monoisotopic (exact) mass is 349 g/mol. The van der Waals surface area contributed by atoms with Crippen molar-refractivity contribution in [3.63, 3.8) is 0 Å². The Kier molecular flexibility index (Phi) is 5.51. The minimum absolute atomic E-state index is 0.274. The maximum absolute atomic E-state index is 12.5. The van der Waals surface area contributed by atoms with E-state index in [4.69, 9.17) is 0 Å². The zero-order valence-corrected chi connectivity index (χ0v) is 14.4. The zero-order valence-electron chi connectivity index (χ0n) is 12.7. The van der Waals surface area contributed by atoms with Crippen LogP contribution in [0.15, 0.2) is 29.6 Å². The SMILES string of the molecule is O=C(Nc1cccc(C[S@@](=O)C2CCCCC2)c1)c1csnn1. The zero-order chi connectivity index (χ0) is 16.1. The molecule has 0 saturated heterocycles. The quantitative estimate of drug-likeness (QED) is 0.898. The summed E-state index contributed by atoms with van der Waals surface area (Å²) in [6.45, 7) is 0. The van der Waals surface area contributed by atoms with Crippen LogP contribution in [0.2, 0.25) is 0 Å². The van der Waals surface area contributed by atoms with Gasteiger partial charge in [-0.05, 0) is 42.1 Å². The second-order valence-corrected chi connectivity index (χ2v) is 8.06. The summed E-state index contributed by atoms with van der Waals surface area (Å²) in [5, 5.41) is 8.49. The third-order valence-corrected chi connectivity index (χ3v) is 6.35. The highest BCUT2D eigenvalue weighted by atomic mass is 32.2. The Bertz CT molecular complexity index is 682. The first kappa shape index (κ1) is 16.3. The topological polar surface area (TPSA) is 72.0 Å². The molecule has 0 radical (unpaired) electrons. The molecule has 1 aromatic heterocycles. The number of benzene rings is 1. The van der Waals surface area contributed by atoms with E-state index in [1.165, 1.54) is 19.3 Å². The third kappa shape index (κ3) is 4.45. The summed E-state index contributed by atoms with van der Waals surface area (Å²) >= 11 is 1.14. The van der Waals surface area contributed by atoms with Gasteiger partial charge in [0.05, 0.1) is 0 Å². The third-order valence-electron chi connectivity index (χ3n) is 4.01. The number of hydrogen-bond donors (Lipinski definition) is 1. The van der Waals surface area contributed by atoms with Gasteiger partial charge in [-0.3, -0.25) is 9.00 Å². The highest BCUT2D eigenvalue weighted by molar-refractivity contribution is 7.84. The molecule has 1 fully saturated rings. The lowest BCUT2D eigenvalue weighted by atomic mass is 10.0. The molecule has 1 saturated carbocycles. The first-order valence-electron chi connectivity index (χ1n) is 7.77. The molecule has 1 aromatic carbocycles. The fourth-order valence-corrected chi connectivity index (χ4v) is 4.85. The van der Waals surface area contributed by atoms with E-state index in [0.29, 0.717) is 22.4 Å². The molecule has 0 bridgehead atoms. The molecular formula is C16H19N3O2S2. The van der Waals surface area contributed by atoms with Crippen molar-refractivity contribution < 1.29 is 9.00 Å². The molecule has 1 aliphatic rings. The van der Waals surface area contributed by atoms with E-state index in [-0.39, 0.29) is 5.91 Å². The van der Waals surface area contributed by atoms with E-state index in [0.717, 1.165) is 29.9 Å². The first-order chi connectivity index (χ1) is 11.2. The van der Waals surface area contributed by atoms with Gasteiger partial charge in [0.2, 0.25) is 0 Å². The van der Waals surface area contributed by atoms with E-state index in [9.17, 15) is 9.00 Å². The second kappa shape index (κ2) is 7.79. The normalized spacial score (nSPS) is 16.9. The molecule has 1 aliphatic carbocycles. The molecule has 3 rings (SSSR count). The lowest BCUT2D eigenvalue weighted by Gasteiger charge is -2.21. The van der Waals surface area contributed by atoms with Crippen molar-refractivity contribution in [3.8, 4) is 0 Å². The molecule has 1 heterocycles. The van der Waals surface area contributed by atoms with Crippen molar-refractivity contribution in [1.82, 2.24) is 9.59 Å². The molecule has 0 unspecified atom stereocenters. The lowest BCUT2D eigenvalue weighted by molar-refractivity contribution is 0.102. The number of carbonyl (C=O) groups is 1. The molecule has 122 valence electrons. The number of carbonyl (C=O) groups excluding carboxylic acids is 1. The Balaban J connectivity index is 1.62. The highest BCUT2D eigenvalue weighted by Gasteiger charge is 2.20. The molecule has 23 heavy (non-hydrogen) atoms. The van der Waals surface area contributed by atoms with Gasteiger partial charge in [-0.2, -0.15) is 0 Å². The predicted octanol–water partition coefficient (Wildman–Crippen LogP) is 3.37. The standard InChI is InChI=1S/C16H19N3O2S2/c20-16(15-10-22-19-18-15)17-13-6-4-5-12(9-13)11-23(21)14-7-2-1-3-8-14/h4-6,9-10,14H,1-3,7-8,11H2,(H,17,20)/t23-/m1/s1. The first-order valence-corrected chi connectivity index (χ1v) is 9.99. The molecule has 1 atom stereocenters. The lowest BCUT2D eigenvalue weighted by Crippen LogP contribution is -2.20. The van der Waals surface area contributed by atoms with Crippen LogP contribution in [0.3, 0.4) is 0 Å². The molecule has 7 heteroatoms. The van der Waals surface area contributed by atoms with Gasteiger partial charge in [0, 0.05) is 32.9 Å². The number of aromatic nitrogens is 2. The van der Waals surface area contributed by atoms with E-state index < -0.39 is 10.8 Å². The Hall–Kier alpha value is -1.60. The maximum Gasteiger partial charge on any atom is 0.277 e. The Morgan fingerprint density at radius 1 is 1.30 bits per heavy atom. The second-order valence-electron chi connectivity index (χ2n) is 5.73. The van der Waals surface area contributed by atoms with Gasteiger partial charge in [0.25, 0.3) is 5.91 Å². The Morgan fingerprint density at radius 2 is 2.13 bits per heavy atom. The molecule has 2 aromatic rings. The Labute approximate surface area is 142 Å². The molecule has 0 aliphatic heterocycles. The van der Waals surface area contributed by atoms with Crippen molar-refractivity contribution >= 4 is 33.9 Å². The fraction of sp³-hybridized carbons (Fsp3) is 0.438. The largest absolute Gasteiger partial charge is 0.321 e. The number of nitrogens with zero attached hydrogens (tertiary/aromatic N) is 2. The van der Waals surface area contributed by atoms with Crippen molar-refractivity contribution in [1.29, 1.82) is 0 Å². The molecular weight excluding hydrogens is 330 g/mol. The summed E-state index contributed by atoms with van der Waals surface area (Å²) in [5.41, 5.74) is 2.00. The minimum Gasteiger partial charge on any atom is -0.321 e. The van der Waals surface area contributed by atoms with Gasteiger partial charge >= 0.3 is 0 Å². The van der Waals surface area contributed by atoms with Gasteiger partial charge in [-0.15, -0.1) is 5.10 Å². The molecule has 5 nitrogen and oxygen atoms in total.